The van der Waals surface area contributed by atoms with Gasteiger partial charge < -0.3 is 4.74 Å². The van der Waals surface area contributed by atoms with Crippen LogP contribution in [-0.2, 0) is 11.2 Å². The van der Waals surface area contributed by atoms with Crippen molar-refractivity contribution in [1.29, 1.82) is 0 Å². The van der Waals surface area contributed by atoms with E-state index in [0.29, 0.717) is 6.61 Å². The van der Waals surface area contributed by atoms with Gasteiger partial charge in [-0.2, -0.15) is 10.1 Å². The molecule has 0 saturated heterocycles. The van der Waals surface area contributed by atoms with Gasteiger partial charge in [0.15, 0.2) is 0 Å². The lowest BCUT2D eigenvalue weighted by atomic mass is 10.3. The molecule has 2 aromatic rings. The van der Waals surface area contributed by atoms with Gasteiger partial charge in [0.2, 0.25) is 11.9 Å². The maximum absolute atomic E-state index is 11.6. The molecule has 2 rings (SSSR count). The number of carbonyl (C=O) groups excluding carboxylic acids is 1. The first-order chi connectivity index (χ1) is 8.28. The maximum atomic E-state index is 11.6. The summed E-state index contributed by atoms with van der Waals surface area (Å²) in [4.78, 5) is 15.5. The minimum absolute atomic E-state index is 0.199. The van der Waals surface area contributed by atoms with Crippen LogP contribution in [0.3, 0.4) is 0 Å². The van der Waals surface area contributed by atoms with Crippen LogP contribution in [-0.4, -0.2) is 37.9 Å². The molecule has 17 heavy (non-hydrogen) atoms. The van der Waals surface area contributed by atoms with E-state index in [4.69, 9.17) is 4.74 Å². The number of amides is 1. The Morgan fingerprint density at radius 2 is 2.41 bits per heavy atom. The van der Waals surface area contributed by atoms with E-state index in [1.165, 1.54) is 0 Å². The zero-order valence-electron chi connectivity index (χ0n) is 9.23. The molecule has 0 aromatic carbocycles. The average molecular weight is 236 g/mol. The first-order valence-corrected chi connectivity index (χ1v) is 5.11. The second kappa shape index (κ2) is 5.10. The minimum Gasteiger partial charge on any atom is -0.463 e. The lowest BCUT2D eigenvalue weighted by molar-refractivity contribution is -0.115. The summed E-state index contributed by atoms with van der Waals surface area (Å²) in [6, 6.07) is 1.94. The molecule has 0 bridgehead atoms. The van der Waals surface area contributed by atoms with Gasteiger partial charge in [-0.3, -0.25) is 15.2 Å². The Morgan fingerprint density at radius 1 is 1.53 bits per heavy atom. The molecule has 8 heteroatoms. The highest BCUT2D eigenvalue weighted by Crippen LogP contribution is 2.05. The van der Waals surface area contributed by atoms with Crippen molar-refractivity contribution in [2.45, 2.75) is 13.3 Å². The minimum atomic E-state index is -0.214. The standard InChI is InChI=1S/C9H12N6O2/c1-2-17-9-12-8(14-15-9)11-7(16)5-6-3-4-10-13-6/h3-4H,2,5H2,1H3,(H,10,13)(H2,11,12,14,15,16). The fraction of sp³-hybridized carbons (Fsp3) is 0.333. The number of ether oxygens (including phenoxy) is 1. The summed E-state index contributed by atoms with van der Waals surface area (Å²) in [6.07, 6.45) is 1.79. The van der Waals surface area contributed by atoms with Crippen molar-refractivity contribution in [2.24, 2.45) is 0 Å². The fourth-order valence-electron chi connectivity index (χ4n) is 1.23. The molecule has 0 atom stereocenters. The van der Waals surface area contributed by atoms with Crippen LogP contribution < -0.4 is 10.1 Å². The topological polar surface area (TPSA) is 109 Å². The second-order valence-electron chi connectivity index (χ2n) is 3.21. The smallest absolute Gasteiger partial charge is 0.337 e. The van der Waals surface area contributed by atoms with E-state index in [9.17, 15) is 4.79 Å². The van der Waals surface area contributed by atoms with Crippen LogP contribution in [0.4, 0.5) is 5.95 Å². The van der Waals surface area contributed by atoms with Crippen molar-refractivity contribution in [1.82, 2.24) is 25.4 Å². The molecule has 0 aliphatic carbocycles. The largest absolute Gasteiger partial charge is 0.463 e. The molecule has 0 unspecified atom stereocenters. The van der Waals surface area contributed by atoms with Crippen molar-refractivity contribution in [2.75, 3.05) is 11.9 Å². The monoisotopic (exact) mass is 236 g/mol. The summed E-state index contributed by atoms with van der Waals surface area (Å²) in [5, 5.41) is 15.3. The molecule has 0 aliphatic rings. The highest BCUT2D eigenvalue weighted by Gasteiger charge is 2.08. The van der Waals surface area contributed by atoms with Gasteiger partial charge in [-0.1, -0.05) is 0 Å². The second-order valence-corrected chi connectivity index (χ2v) is 3.21. The fourth-order valence-corrected chi connectivity index (χ4v) is 1.23. The van der Waals surface area contributed by atoms with E-state index in [1.54, 1.807) is 12.3 Å². The highest BCUT2D eigenvalue weighted by atomic mass is 16.5. The molecular formula is C9H12N6O2. The molecule has 2 heterocycles. The number of hydrogen-bond donors (Lipinski definition) is 3. The summed E-state index contributed by atoms with van der Waals surface area (Å²) in [5.74, 6) is 0.0476. The molecule has 90 valence electrons. The number of aromatic nitrogens is 5. The summed E-state index contributed by atoms with van der Waals surface area (Å²) < 4.78 is 5.05. The summed E-state index contributed by atoms with van der Waals surface area (Å²) in [6.45, 7) is 2.30. The Bertz CT molecular complexity index is 477. The van der Waals surface area contributed by atoms with Crippen molar-refractivity contribution in [3.63, 3.8) is 0 Å². The van der Waals surface area contributed by atoms with E-state index >= 15 is 0 Å². The third-order valence-corrected chi connectivity index (χ3v) is 1.91. The van der Waals surface area contributed by atoms with Gasteiger partial charge in [0.1, 0.15) is 0 Å². The third kappa shape index (κ3) is 3.03. The van der Waals surface area contributed by atoms with E-state index in [-0.39, 0.29) is 24.3 Å². The van der Waals surface area contributed by atoms with Crippen molar-refractivity contribution in [3.8, 4) is 6.01 Å². The quantitative estimate of drug-likeness (QED) is 0.682. The van der Waals surface area contributed by atoms with Crippen LogP contribution in [0.15, 0.2) is 12.3 Å². The Hall–Kier alpha value is -2.38. The average Bonchev–Trinajstić information content (AvgIpc) is 2.91. The van der Waals surface area contributed by atoms with Crippen LogP contribution in [0.2, 0.25) is 0 Å². The van der Waals surface area contributed by atoms with E-state index in [2.05, 4.69) is 30.7 Å². The van der Waals surface area contributed by atoms with Crippen LogP contribution in [0.5, 0.6) is 6.01 Å². The van der Waals surface area contributed by atoms with Crippen LogP contribution in [0.1, 0.15) is 12.6 Å². The lowest BCUT2D eigenvalue weighted by Gasteiger charge is -1.98. The molecule has 1 amide bonds. The number of aromatic amines is 2. The Morgan fingerprint density at radius 3 is 3.12 bits per heavy atom. The molecule has 0 saturated carbocycles. The van der Waals surface area contributed by atoms with Gasteiger partial charge in [-0.15, -0.1) is 5.10 Å². The highest BCUT2D eigenvalue weighted by molar-refractivity contribution is 5.90. The van der Waals surface area contributed by atoms with Crippen LogP contribution >= 0.6 is 0 Å². The van der Waals surface area contributed by atoms with Crippen molar-refractivity contribution in [3.05, 3.63) is 18.0 Å². The zero-order valence-corrected chi connectivity index (χ0v) is 9.23. The SMILES string of the molecule is CCOc1n[nH]c(NC(=O)Cc2ccn[nH]2)n1. The van der Waals surface area contributed by atoms with Crippen LogP contribution in [0.25, 0.3) is 0 Å². The summed E-state index contributed by atoms with van der Waals surface area (Å²) in [5.41, 5.74) is 0.729. The molecule has 0 spiro atoms. The van der Waals surface area contributed by atoms with Gasteiger partial charge in [-0.25, -0.2) is 5.10 Å². The summed E-state index contributed by atoms with van der Waals surface area (Å²) >= 11 is 0. The predicted molar refractivity (Wildman–Crippen MR) is 58.5 cm³/mol. The Labute approximate surface area is 96.8 Å². The lowest BCUT2D eigenvalue weighted by Crippen LogP contribution is -2.15. The molecular weight excluding hydrogens is 224 g/mol. The Kier molecular flexibility index (Phi) is 3.34. The predicted octanol–water partition coefficient (Wildman–Crippen LogP) is 0.108. The molecule has 0 radical (unpaired) electrons. The van der Waals surface area contributed by atoms with Crippen molar-refractivity contribution < 1.29 is 9.53 Å². The number of nitrogens with zero attached hydrogens (tertiary/aromatic N) is 3. The van der Waals surface area contributed by atoms with Gasteiger partial charge in [-0.05, 0) is 13.0 Å². The normalized spacial score (nSPS) is 10.2. The molecule has 2 aromatic heterocycles. The van der Waals surface area contributed by atoms with Gasteiger partial charge in [0.25, 0.3) is 0 Å². The number of hydrogen-bond acceptors (Lipinski definition) is 5. The van der Waals surface area contributed by atoms with Crippen LogP contribution in [0, 0.1) is 0 Å². The first-order valence-electron chi connectivity index (χ1n) is 5.11. The maximum Gasteiger partial charge on any atom is 0.337 e. The summed E-state index contributed by atoms with van der Waals surface area (Å²) in [7, 11) is 0. The van der Waals surface area contributed by atoms with Gasteiger partial charge >= 0.3 is 6.01 Å². The molecule has 0 aliphatic heterocycles. The number of carbonyl (C=O) groups is 1. The van der Waals surface area contributed by atoms with E-state index in [1.807, 2.05) is 6.92 Å². The zero-order chi connectivity index (χ0) is 12.1. The number of H-pyrrole nitrogens is 2. The Balaban J connectivity index is 1.89. The third-order valence-electron chi connectivity index (χ3n) is 1.91. The molecule has 3 N–H and O–H groups in total. The number of rotatable bonds is 5. The first kappa shape index (κ1) is 11.1. The number of nitrogens with one attached hydrogen (secondary N) is 3. The molecule has 8 nitrogen and oxygen atoms in total. The molecule has 0 fully saturated rings. The van der Waals surface area contributed by atoms with Gasteiger partial charge in [0.05, 0.1) is 13.0 Å². The van der Waals surface area contributed by atoms with Crippen molar-refractivity contribution >= 4 is 11.9 Å². The number of anilines is 1. The van der Waals surface area contributed by atoms with E-state index in [0.717, 1.165) is 5.69 Å². The van der Waals surface area contributed by atoms with E-state index < -0.39 is 0 Å². The van der Waals surface area contributed by atoms with Gasteiger partial charge in [0, 0.05) is 11.9 Å².